The van der Waals surface area contributed by atoms with Crippen LogP contribution < -0.4 is 0 Å². The maximum Gasteiger partial charge on any atom is 0.410 e. The molecule has 2 fully saturated rings. The molecule has 0 bridgehead atoms. The predicted molar refractivity (Wildman–Crippen MR) is 122 cm³/mol. The summed E-state index contributed by atoms with van der Waals surface area (Å²) < 4.78 is 32.9. The summed E-state index contributed by atoms with van der Waals surface area (Å²) in [6, 6.07) is 5.18. The van der Waals surface area contributed by atoms with Crippen LogP contribution in [0.1, 0.15) is 44.7 Å². The summed E-state index contributed by atoms with van der Waals surface area (Å²) in [5.41, 5.74) is 1.45. The number of likely N-dealkylation sites (tertiary alicyclic amines) is 1. The number of hydrogen-bond donors (Lipinski definition) is 0. The van der Waals surface area contributed by atoms with Gasteiger partial charge in [-0.2, -0.15) is 4.31 Å². The number of piperidine rings is 1. The summed E-state index contributed by atoms with van der Waals surface area (Å²) in [4.78, 5) is 28.9. The standard InChI is InChI=1S/C23H35N3O5S/c1-17-6-7-20(16-18(17)2)32(29,30)26-14-12-24(13-15-26)21(27)19-8-10-25(11-9-19)22(28)31-23(3,4)5/h6-7,16,19H,8-15H2,1-5H3. The normalized spacial score (nSPS) is 19.2. The Bertz CT molecular complexity index is 954. The van der Waals surface area contributed by atoms with Crippen molar-refractivity contribution >= 4 is 22.0 Å². The molecule has 0 spiro atoms. The van der Waals surface area contributed by atoms with Crippen LogP contribution in [0.2, 0.25) is 0 Å². The van der Waals surface area contributed by atoms with Gasteiger partial charge in [0.1, 0.15) is 5.60 Å². The summed E-state index contributed by atoms with van der Waals surface area (Å²) in [5.74, 6) is -0.0892. The molecule has 2 aliphatic rings. The van der Waals surface area contributed by atoms with E-state index in [4.69, 9.17) is 4.74 Å². The van der Waals surface area contributed by atoms with Crippen LogP contribution in [0.25, 0.3) is 0 Å². The average Bonchev–Trinajstić information content (AvgIpc) is 2.74. The Morgan fingerprint density at radius 3 is 2.03 bits per heavy atom. The van der Waals surface area contributed by atoms with E-state index < -0.39 is 15.6 Å². The zero-order valence-corrected chi connectivity index (χ0v) is 20.6. The molecule has 0 unspecified atom stereocenters. The molecule has 3 rings (SSSR count). The number of benzene rings is 1. The fraction of sp³-hybridized carbons (Fsp3) is 0.652. The fourth-order valence-electron chi connectivity index (χ4n) is 4.07. The van der Waals surface area contributed by atoms with E-state index in [9.17, 15) is 18.0 Å². The lowest BCUT2D eigenvalue weighted by Crippen LogP contribution is -2.53. The number of carbonyl (C=O) groups excluding carboxylic acids is 2. The molecule has 2 amide bonds. The minimum atomic E-state index is -3.57. The smallest absolute Gasteiger partial charge is 0.410 e. The van der Waals surface area contributed by atoms with Crippen LogP contribution in [0.3, 0.4) is 0 Å². The highest BCUT2D eigenvalue weighted by Gasteiger charge is 2.35. The van der Waals surface area contributed by atoms with Gasteiger partial charge in [-0.15, -0.1) is 0 Å². The molecular weight excluding hydrogens is 430 g/mol. The molecular formula is C23H35N3O5S. The molecule has 0 radical (unpaired) electrons. The van der Waals surface area contributed by atoms with Gasteiger partial charge in [0.2, 0.25) is 15.9 Å². The van der Waals surface area contributed by atoms with Crippen LogP contribution in [-0.4, -0.2) is 79.4 Å². The van der Waals surface area contributed by atoms with E-state index in [1.165, 1.54) is 4.31 Å². The lowest BCUT2D eigenvalue weighted by Gasteiger charge is -2.38. The first-order chi connectivity index (χ1) is 14.9. The van der Waals surface area contributed by atoms with Gasteiger partial charge in [0.15, 0.2) is 0 Å². The highest BCUT2D eigenvalue weighted by molar-refractivity contribution is 7.89. The molecule has 178 valence electrons. The summed E-state index contributed by atoms with van der Waals surface area (Å²) in [6.45, 7) is 11.7. The third-order valence-electron chi connectivity index (χ3n) is 6.16. The monoisotopic (exact) mass is 465 g/mol. The van der Waals surface area contributed by atoms with Gasteiger partial charge in [0.25, 0.3) is 0 Å². The Labute approximate surface area is 191 Å². The molecule has 32 heavy (non-hydrogen) atoms. The van der Waals surface area contributed by atoms with Crippen LogP contribution >= 0.6 is 0 Å². The number of nitrogens with zero attached hydrogens (tertiary/aromatic N) is 3. The molecule has 0 aliphatic carbocycles. The van der Waals surface area contributed by atoms with Gasteiger partial charge < -0.3 is 14.5 Å². The molecule has 0 N–H and O–H groups in total. The van der Waals surface area contributed by atoms with Gasteiger partial charge in [-0.3, -0.25) is 4.79 Å². The number of aryl methyl sites for hydroxylation is 2. The predicted octanol–water partition coefficient (Wildman–Crippen LogP) is 2.78. The SMILES string of the molecule is Cc1ccc(S(=O)(=O)N2CCN(C(=O)C3CCN(C(=O)OC(C)(C)C)CC3)CC2)cc1C. The van der Waals surface area contributed by atoms with Crippen molar-refractivity contribution in [2.24, 2.45) is 5.92 Å². The molecule has 1 aromatic rings. The third kappa shape index (κ3) is 5.61. The number of rotatable bonds is 3. The lowest BCUT2D eigenvalue weighted by atomic mass is 9.95. The van der Waals surface area contributed by atoms with Crippen molar-refractivity contribution in [3.8, 4) is 0 Å². The maximum atomic E-state index is 13.0. The molecule has 2 aliphatic heterocycles. The second kappa shape index (κ2) is 9.39. The van der Waals surface area contributed by atoms with Gasteiger partial charge in [-0.25, -0.2) is 13.2 Å². The van der Waals surface area contributed by atoms with Gasteiger partial charge in [-0.1, -0.05) is 6.07 Å². The van der Waals surface area contributed by atoms with E-state index >= 15 is 0 Å². The summed E-state index contributed by atoms with van der Waals surface area (Å²) in [5, 5.41) is 0. The first-order valence-electron chi connectivity index (χ1n) is 11.2. The minimum Gasteiger partial charge on any atom is -0.444 e. The number of sulfonamides is 1. The number of amides is 2. The quantitative estimate of drug-likeness (QED) is 0.685. The van der Waals surface area contributed by atoms with E-state index in [1.807, 2.05) is 40.7 Å². The zero-order valence-electron chi connectivity index (χ0n) is 19.8. The molecule has 0 saturated carbocycles. The second-order valence-electron chi connectivity index (χ2n) is 9.72. The van der Waals surface area contributed by atoms with Gasteiger partial charge in [-0.05, 0) is 70.7 Å². The van der Waals surface area contributed by atoms with E-state index in [1.54, 1.807) is 21.9 Å². The van der Waals surface area contributed by atoms with Gasteiger partial charge in [0.05, 0.1) is 4.90 Å². The van der Waals surface area contributed by atoms with Crippen LogP contribution in [0.4, 0.5) is 4.79 Å². The molecule has 2 heterocycles. The Morgan fingerprint density at radius 1 is 0.906 bits per heavy atom. The fourth-order valence-corrected chi connectivity index (χ4v) is 5.57. The van der Waals surface area contributed by atoms with Crippen molar-refractivity contribution in [1.29, 1.82) is 0 Å². The van der Waals surface area contributed by atoms with Crippen molar-refractivity contribution in [3.63, 3.8) is 0 Å². The molecule has 0 aromatic heterocycles. The third-order valence-corrected chi connectivity index (χ3v) is 8.06. The Morgan fingerprint density at radius 2 is 1.50 bits per heavy atom. The van der Waals surface area contributed by atoms with Crippen molar-refractivity contribution in [2.75, 3.05) is 39.3 Å². The van der Waals surface area contributed by atoms with E-state index in [0.29, 0.717) is 43.9 Å². The van der Waals surface area contributed by atoms with E-state index in [-0.39, 0.29) is 31.0 Å². The Kier molecular flexibility index (Phi) is 7.19. The van der Waals surface area contributed by atoms with Gasteiger partial charge in [0, 0.05) is 45.2 Å². The first-order valence-corrected chi connectivity index (χ1v) is 12.7. The average molecular weight is 466 g/mol. The first kappa shape index (κ1) is 24.5. The van der Waals surface area contributed by atoms with Crippen molar-refractivity contribution in [1.82, 2.24) is 14.1 Å². The summed E-state index contributed by atoms with van der Waals surface area (Å²) in [6.07, 6.45) is 0.854. The topological polar surface area (TPSA) is 87.2 Å². The van der Waals surface area contributed by atoms with Crippen molar-refractivity contribution in [3.05, 3.63) is 29.3 Å². The van der Waals surface area contributed by atoms with Crippen LogP contribution in [0, 0.1) is 19.8 Å². The molecule has 2 saturated heterocycles. The van der Waals surface area contributed by atoms with Crippen LogP contribution in [0.15, 0.2) is 23.1 Å². The van der Waals surface area contributed by atoms with Crippen molar-refractivity contribution in [2.45, 2.75) is 58.0 Å². The maximum absolute atomic E-state index is 13.0. The number of piperazine rings is 1. The van der Waals surface area contributed by atoms with Crippen LogP contribution in [0.5, 0.6) is 0 Å². The largest absolute Gasteiger partial charge is 0.444 e. The van der Waals surface area contributed by atoms with Gasteiger partial charge >= 0.3 is 6.09 Å². The lowest BCUT2D eigenvalue weighted by molar-refractivity contribution is -0.138. The number of ether oxygens (including phenoxy) is 1. The minimum absolute atomic E-state index is 0.0528. The second-order valence-corrected chi connectivity index (χ2v) is 11.7. The van der Waals surface area contributed by atoms with Crippen LogP contribution in [-0.2, 0) is 19.6 Å². The van der Waals surface area contributed by atoms with Crippen molar-refractivity contribution < 1.29 is 22.7 Å². The highest BCUT2D eigenvalue weighted by Crippen LogP contribution is 2.24. The summed E-state index contributed by atoms with van der Waals surface area (Å²) in [7, 11) is -3.57. The number of hydrogen-bond acceptors (Lipinski definition) is 5. The molecule has 8 nitrogen and oxygen atoms in total. The molecule has 9 heteroatoms. The highest BCUT2D eigenvalue weighted by atomic mass is 32.2. The zero-order chi connectivity index (χ0) is 23.7. The Hall–Kier alpha value is -2.13. The Balaban J connectivity index is 1.53. The van der Waals surface area contributed by atoms with E-state index in [0.717, 1.165) is 11.1 Å². The molecule has 0 atom stereocenters. The number of carbonyl (C=O) groups is 2. The van der Waals surface area contributed by atoms with E-state index in [2.05, 4.69) is 0 Å². The molecule has 1 aromatic carbocycles. The summed E-state index contributed by atoms with van der Waals surface area (Å²) >= 11 is 0.